The van der Waals surface area contributed by atoms with Gasteiger partial charge in [0.25, 0.3) is 10.0 Å². The van der Waals surface area contributed by atoms with E-state index in [1.807, 2.05) is 0 Å². The van der Waals surface area contributed by atoms with Crippen molar-refractivity contribution in [3.05, 3.63) is 34.1 Å². The summed E-state index contributed by atoms with van der Waals surface area (Å²) in [5.41, 5.74) is 4.61. The second-order valence-electron chi connectivity index (χ2n) is 4.17. The third-order valence-corrected chi connectivity index (χ3v) is 4.92. The molecule has 0 aromatic heterocycles. The number of nitro groups is 1. The highest BCUT2D eigenvalue weighted by Crippen LogP contribution is 2.31. The number of hydrogen-bond donors (Lipinski definition) is 1. The summed E-state index contributed by atoms with van der Waals surface area (Å²) >= 11 is 0. The Morgan fingerprint density at radius 1 is 1.47 bits per heavy atom. The first-order valence-electron chi connectivity index (χ1n) is 5.56. The smallest absolute Gasteiger partial charge is 0.315 e. The molecule has 0 saturated carbocycles. The van der Waals surface area contributed by atoms with E-state index in [9.17, 15) is 22.9 Å². The zero-order valence-electron chi connectivity index (χ0n) is 9.82. The number of rotatable bonds is 3. The Morgan fingerprint density at radius 2 is 2.16 bits per heavy atom. The molecular weight excluding hydrogens is 277 g/mol. The van der Waals surface area contributed by atoms with Gasteiger partial charge in [-0.05, 0) is 25.0 Å². The van der Waals surface area contributed by atoms with Gasteiger partial charge < -0.3 is 5.73 Å². The molecule has 7 nitrogen and oxygen atoms in total. The first-order valence-corrected chi connectivity index (χ1v) is 7.00. The Kier molecular flexibility index (Phi) is 3.52. The van der Waals surface area contributed by atoms with Crippen LogP contribution < -0.4 is 5.73 Å². The standard InChI is InChI=1S/C10H12FN3O4S/c11-7-3-1-4-8(10(7)14(15)16)19(17,18)13-6-2-5-9(13)12/h1,3-4,9H,2,5-6,12H2. The van der Waals surface area contributed by atoms with E-state index in [0.717, 1.165) is 22.5 Å². The summed E-state index contributed by atoms with van der Waals surface area (Å²) in [5, 5.41) is 10.8. The molecular formula is C10H12FN3O4S. The molecule has 1 aromatic carbocycles. The second-order valence-corrected chi connectivity index (χ2v) is 6.03. The quantitative estimate of drug-likeness (QED) is 0.654. The minimum Gasteiger partial charge on any atom is -0.315 e. The van der Waals surface area contributed by atoms with Gasteiger partial charge in [-0.25, -0.2) is 8.42 Å². The van der Waals surface area contributed by atoms with E-state index in [0.29, 0.717) is 12.8 Å². The van der Waals surface area contributed by atoms with Crippen molar-refractivity contribution in [2.24, 2.45) is 5.73 Å². The number of hydrogen-bond acceptors (Lipinski definition) is 5. The minimum absolute atomic E-state index is 0.178. The fourth-order valence-corrected chi connectivity index (χ4v) is 3.82. The van der Waals surface area contributed by atoms with Crippen LogP contribution in [-0.4, -0.2) is 30.4 Å². The number of halogens is 1. The molecule has 1 heterocycles. The highest BCUT2D eigenvalue weighted by Gasteiger charge is 2.38. The van der Waals surface area contributed by atoms with Crippen molar-refractivity contribution < 1.29 is 17.7 Å². The topological polar surface area (TPSA) is 107 Å². The van der Waals surface area contributed by atoms with E-state index >= 15 is 0 Å². The van der Waals surface area contributed by atoms with E-state index < -0.39 is 37.5 Å². The van der Waals surface area contributed by atoms with Crippen molar-refractivity contribution in [1.29, 1.82) is 0 Å². The van der Waals surface area contributed by atoms with Crippen LogP contribution in [0.5, 0.6) is 0 Å². The Balaban J connectivity index is 2.58. The van der Waals surface area contributed by atoms with Gasteiger partial charge in [0.15, 0.2) is 4.90 Å². The minimum atomic E-state index is -4.16. The third kappa shape index (κ3) is 2.31. The van der Waals surface area contributed by atoms with Crippen LogP contribution in [0.15, 0.2) is 23.1 Å². The number of nitro benzene ring substituents is 1. The van der Waals surface area contributed by atoms with Gasteiger partial charge in [0, 0.05) is 6.54 Å². The molecule has 19 heavy (non-hydrogen) atoms. The van der Waals surface area contributed by atoms with Crippen molar-refractivity contribution in [3.8, 4) is 0 Å². The van der Waals surface area contributed by atoms with Crippen LogP contribution in [0.2, 0.25) is 0 Å². The SMILES string of the molecule is NC1CCCN1S(=O)(=O)c1cccc(F)c1[N+](=O)[O-]. The molecule has 1 aliphatic heterocycles. The van der Waals surface area contributed by atoms with Crippen LogP contribution in [-0.2, 0) is 10.0 Å². The normalized spacial score (nSPS) is 20.6. The third-order valence-electron chi connectivity index (χ3n) is 2.97. The summed E-state index contributed by atoms with van der Waals surface area (Å²) < 4.78 is 39.0. The number of para-hydroxylation sites is 1. The Morgan fingerprint density at radius 3 is 2.68 bits per heavy atom. The maximum absolute atomic E-state index is 13.5. The lowest BCUT2D eigenvalue weighted by Crippen LogP contribution is -2.41. The maximum Gasteiger partial charge on any atom is 0.324 e. The lowest BCUT2D eigenvalue weighted by atomic mass is 10.3. The monoisotopic (exact) mass is 289 g/mol. The van der Waals surface area contributed by atoms with Gasteiger partial charge >= 0.3 is 5.69 Å². The van der Waals surface area contributed by atoms with Gasteiger partial charge in [0.1, 0.15) is 0 Å². The average Bonchev–Trinajstić information content (AvgIpc) is 2.75. The predicted octanol–water partition coefficient (Wildman–Crippen LogP) is 0.803. The lowest BCUT2D eigenvalue weighted by molar-refractivity contribution is -0.390. The van der Waals surface area contributed by atoms with Gasteiger partial charge in [-0.1, -0.05) is 6.07 Å². The molecule has 104 valence electrons. The van der Waals surface area contributed by atoms with Crippen LogP contribution in [0, 0.1) is 15.9 Å². The van der Waals surface area contributed by atoms with E-state index in [1.54, 1.807) is 0 Å². The average molecular weight is 289 g/mol. The van der Waals surface area contributed by atoms with Crippen LogP contribution in [0.4, 0.5) is 10.1 Å². The maximum atomic E-state index is 13.5. The number of nitrogens with zero attached hydrogens (tertiary/aromatic N) is 2. The van der Waals surface area contributed by atoms with Crippen LogP contribution in [0.1, 0.15) is 12.8 Å². The Hall–Kier alpha value is -1.58. The summed E-state index contributed by atoms with van der Waals surface area (Å²) in [6.45, 7) is 0.178. The zero-order chi connectivity index (χ0) is 14.2. The van der Waals surface area contributed by atoms with Gasteiger partial charge in [-0.2, -0.15) is 8.70 Å². The molecule has 0 aliphatic carbocycles. The van der Waals surface area contributed by atoms with Gasteiger partial charge in [0.2, 0.25) is 5.82 Å². The molecule has 1 aliphatic rings. The summed E-state index contributed by atoms with van der Waals surface area (Å²) in [6, 6.07) is 2.99. The Labute approximate surface area is 109 Å². The lowest BCUT2D eigenvalue weighted by Gasteiger charge is -2.20. The molecule has 1 atom stereocenters. The molecule has 1 aromatic rings. The summed E-state index contributed by atoms with van der Waals surface area (Å²) in [7, 11) is -4.16. The molecule has 1 saturated heterocycles. The van der Waals surface area contributed by atoms with Crippen LogP contribution in [0.25, 0.3) is 0 Å². The highest BCUT2D eigenvalue weighted by atomic mass is 32.2. The van der Waals surface area contributed by atoms with Gasteiger partial charge in [-0.3, -0.25) is 10.1 Å². The molecule has 0 bridgehead atoms. The molecule has 1 fully saturated rings. The molecule has 0 amide bonds. The molecule has 0 spiro atoms. The summed E-state index contributed by atoms with van der Waals surface area (Å²) in [6.07, 6.45) is 0.319. The number of sulfonamides is 1. The van der Waals surface area contributed by atoms with Crippen LogP contribution >= 0.6 is 0 Å². The van der Waals surface area contributed by atoms with E-state index in [4.69, 9.17) is 5.73 Å². The van der Waals surface area contributed by atoms with Crippen molar-refractivity contribution in [2.75, 3.05) is 6.54 Å². The molecule has 1 unspecified atom stereocenters. The molecule has 0 radical (unpaired) electrons. The van der Waals surface area contributed by atoms with Crippen molar-refractivity contribution in [2.45, 2.75) is 23.9 Å². The fraction of sp³-hybridized carbons (Fsp3) is 0.400. The van der Waals surface area contributed by atoms with Crippen molar-refractivity contribution >= 4 is 15.7 Å². The van der Waals surface area contributed by atoms with Gasteiger partial charge in [0.05, 0.1) is 11.1 Å². The fourth-order valence-electron chi connectivity index (χ4n) is 2.07. The first-order chi connectivity index (χ1) is 8.85. The van der Waals surface area contributed by atoms with E-state index in [2.05, 4.69) is 0 Å². The second kappa shape index (κ2) is 4.83. The number of nitrogens with two attached hydrogens (primary N) is 1. The summed E-state index contributed by atoms with van der Waals surface area (Å²) in [4.78, 5) is 9.14. The van der Waals surface area contributed by atoms with E-state index in [1.165, 1.54) is 0 Å². The molecule has 9 heteroatoms. The van der Waals surface area contributed by atoms with Crippen LogP contribution in [0.3, 0.4) is 0 Å². The largest absolute Gasteiger partial charge is 0.324 e. The number of benzene rings is 1. The molecule has 2 N–H and O–H groups in total. The molecule has 2 rings (SSSR count). The van der Waals surface area contributed by atoms with Crippen molar-refractivity contribution in [3.63, 3.8) is 0 Å². The van der Waals surface area contributed by atoms with Gasteiger partial charge in [-0.15, -0.1) is 0 Å². The first kappa shape index (κ1) is 13.8. The van der Waals surface area contributed by atoms with Crippen molar-refractivity contribution in [1.82, 2.24) is 4.31 Å². The van der Waals surface area contributed by atoms with E-state index in [-0.39, 0.29) is 6.54 Å². The Bertz CT molecular complexity index is 619. The highest BCUT2D eigenvalue weighted by molar-refractivity contribution is 7.89. The summed E-state index contributed by atoms with van der Waals surface area (Å²) in [5.74, 6) is -1.18. The zero-order valence-corrected chi connectivity index (χ0v) is 10.6. The predicted molar refractivity (Wildman–Crippen MR) is 64.2 cm³/mol.